The SMILES string of the molecule is Cc1cc(N)nc(-c2c(Cl)c3c4c(nc(OC[C@@H]5CC(F)(F)CN5C)nc4c2F)N2C[C@H]4CC[C@H](N4)[C@H]2CO3)c1C(F)(F)F. The van der Waals surface area contributed by atoms with Crippen molar-refractivity contribution in [2.75, 3.05) is 44.0 Å². The van der Waals surface area contributed by atoms with Gasteiger partial charge >= 0.3 is 12.2 Å². The third-order valence-electron chi connectivity index (χ3n) is 8.97. The lowest BCUT2D eigenvalue weighted by Gasteiger charge is -2.40. The molecule has 3 saturated heterocycles. The Bertz CT molecular complexity index is 1670. The molecule has 6 heterocycles. The Hall–Kier alpha value is -3.30. The van der Waals surface area contributed by atoms with Crippen LogP contribution in [-0.2, 0) is 6.18 Å². The highest BCUT2D eigenvalue weighted by molar-refractivity contribution is 6.36. The number of aryl methyl sites for hydroxylation is 1. The van der Waals surface area contributed by atoms with Gasteiger partial charge in [0.25, 0.3) is 5.92 Å². The molecule has 4 aliphatic heterocycles. The van der Waals surface area contributed by atoms with Crippen molar-refractivity contribution in [1.82, 2.24) is 25.2 Å². The molecule has 3 aromatic rings. The van der Waals surface area contributed by atoms with Crippen molar-refractivity contribution in [3.8, 4) is 23.0 Å². The van der Waals surface area contributed by atoms with Crippen LogP contribution in [0.4, 0.5) is 38.0 Å². The number of aromatic nitrogens is 3. The van der Waals surface area contributed by atoms with Crippen LogP contribution < -0.4 is 25.4 Å². The summed E-state index contributed by atoms with van der Waals surface area (Å²) in [6, 6.07) is -0.0774. The molecule has 2 bridgehead atoms. The van der Waals surface area contributed by atoms with Crippen molar-refractivity contribution in [1.29, 1.82) is 0 Å². The van der Waals surface area contributed by atoms with E-state index in [9.17, 15) is 22.0 Å². The van der Waals surface area contributed by atoms with Crippen LogP contribution in [0.3, 0.4) is 0 Å². The van der Waals surface area contributed by atoms with Crippen molar-refractivity contribution in [3.05, 3.63) is 28.0 Å². The third kappa shape index (κ3) is 4.74. The van der Waals surface area contributed by atoms with Crippen molar-refractivity contribution < 1.29 is 35.8 Å². The smallest absolute Gasteiger partial charge is 0.418 e. The first-order chi connectivity index (χ1) is 20.7. The summed E-state index contributed by atoms with van der Waals surface area (Å²) in [5.74, 6) is -4.21. The van der Waals surface area contributed by atoms with Gasteiger partial charge in [-0.3, -0.25) is 4.90 Å². The summed E-state index contributed by atoms with van der Waals surface area (Å²) in [6.07, 6.45) is -3.62. The van der Waals surface area contributed by atoms with E-state index in [0.29, 0.717) is 6.54 Å². The number of nitrogens with two attached hydrogens (primary N) is 1. The number of likely N-dealkylation sites (N-methyl/N-ethyl adjacent to an activating group) is 1. The third-order valence-corrected chi connectivity index (χ3v) is 9.33. The summed E-state index contributed by atoms with van der Waals surface area (Å²) in [7, 11) is 1.54. The van der Waals surface area contributed by atoms with Crippen LogP contribution in [0.15, 0.2) is 6.07 Å². The minimum Gasteiger partial charge on any atom is -0.489 e. The van der Waals surface area contributed by atoms with Gasteiger partial charge in [-0.05, 0) is 38.4 Å². The average molecular weight is 644 g/mol. The maximum atomic E-state index is 16.7. The molecule has 3 fully saturated rings. The van der Waals surface area contributed by atoms with Gasteiger partial charge in [-0.2, -0.15) is 23.1 Å². The number of fused-ring (bicyclic) bond motifs is 5. The number of ether oxygens (including phenoxy) is 2. The number of hydrogen-bond acceptors (Lipinski definition) is 9. The van der Waals surface area contributed by atoms with Crippen LogP contribution in [0.2, 0.25) is 5.02 Å². The zero-order valence-corrected chi connectivity index (χ0v) is 24.4. The quantitative estimate of drug-likeness (QED) is 0.388. The zero-order chi connectivity index (χ0) is 31.3. The van der Waals surface area contributed by atoms with E-state index >= 15 is 4.39 Å². The highest BCUT2D eigenvalue weighted by Crippen LogP contribution is 2.51. The summed E-state index contributed by atoms with van der Waals surface area (Å²) in [6.45, 7) is 1.10. The van der Waals surface area contributed by atoms with E-state index in [2.05, 4.69) is 20.3 Å². The Morgan fingerprint density at radius 2 is 2.00 bits per heavy atom. The first kappa shape index (κ1) is 29.4. The molecule has 0 radical (unpaired) electrons. The second kappa shape index (κ2) is 10.1. The molecule has 0 aliphatic carbocycles. The normalized spacial score (nSPS) is 26.1. The Morgan fingerprint density at radius 3 is 2.70 bits per heavy atom. The molecule has 236 valence electrons. The minimum absolute atomic E-state index is 0.00461. The number of rotatable bonds is 4. The van der Waals surface area contributed by atoms with Crippen LogP contribution in [0.25, 0.3) is 22.2 Å². The Kier molecular flexibility index (Phi) is 6.76. The second-order valence-electron chi connectivity index (χ2n) is 12.0. The first-order valence-electron chi connectivity index (χ1n) is 14.2. The van der Waals surface area contributed by atoms with Gasteiger partial charge in [-0.25, -0.2) is 18.2 Å². The van der Waals surface area contributed by atoms with E-state index < -0.39 is 64.3 Å². The van der Waals surface area contributed by atoms with Gasteiger partial charge in [-0.15, -0.1) is 0 Å². The lowest BCUT2D eigenvalue weighted by atomic mass is 9.98. The number of nitrogens with one attached hydrogen (secondary N) is 1. The molecule has 4 atom stereocenters. The Balaban J connectivity index is 1.44. The molecule has 2 aromatic heterocycles. The van der Waals surface area contributed by atoms with E-state index in [1.807, 2.05) is 4.90 Å². The van der Waals surface area contributed by atoms with E-state index in [1.54, 1.807) is 7.05 Å². The van der Waals surface area contributed by atoms with Gasteiger partial charge in [0.1, 0.15) is 30.4 Å². The lowest BCUT2D eigenvalue weighted by molar-refractivity contribution is -0.137. The maximum absolute atomic E-state index is 16.7. The van der Waals surface area contributed by atoms with Crippen molar-refractivity contribution in [2.45, 2.75) is 62.5 Å². The molecule has 44 heavy (non-hydrogen) atoms. The van der Waals surface area contributed by atoms with E-state index in [0.717, 1.165) is 18.9 Å². The van der Waals surface area contributed by atoms with E-state index in [4.69, 9.17) is 26.8 Å². The summed E-state index contributed by atoms with van der Waals surface area (Å²) in [4.78, 5) is 16.2. The zero-order valence-electron chi connectivity index (χ0n) is 23.6. The molecule has 4 aliphatic rings. The largest absolute Gasteiger partial charge is 0.489 e. The van der Waals surface area contributed by atoms with Gasteiger partial charge in [0, 0.05) is 31.1 Å². The average Bonchev–Trinajstić information content (AvgIpc) is 3.37. The highest BCUT2D eigenvalue weighted by atomic mass is 35.5. The monoisotopic (exact) mass is 643 g/mol. The molecular formula is C28H28ClF6N7O2. The van der Waals surface area contributed by atoms with Crippen molar-refractivity contribution in [2.24, 2.45) is 0 Å². The van der Waals surface area contributed by atoms with Crippen LogP contribution in [0.5, 0.6) is 11.8 Å². The first-order valence-corrected chi connectivity index (χ1v) is 14.5. The number of halogens is 7. The molecule has 0 spiro atoms. The van der Waals surface area contributed by atoms with Crippen LogP contribution in [-0.4, -0.2) is 83.3 Å². The van der Waals surface area contributed by atoms with Gasteiger partial charge in [-0.1, -0.05) is 11.6 Å². The van der Waals surface area contributed by atoms with Crippen molar-refractivity contribution in [3.63, 3.8) is 0 Å². The molecule has 9 nitrogen and oxygen atoms in total. The van der Waals surface area contributed by atoms with Gasteiger partial charge < -0.3 is 25.4 Å². The van der Waals surface area contributed by atoms with E-state index in [-0.39, 0.29) is 65.7 Å². The molecule has 0 saturated carbocycles. The van der Waals surface area contributed by atoms with Gasteiger partial charge in [0.2, 0.25) is 0 Å². The summed E-state index contributed by atoms with van der Waals surface area (Å²) in [5.41, 5.74) is 2.47. The Morgan fingerprint density at radius 1 is 1.23 bits per heavy atom. The van der Waals surface area contributed by atoms with Crippen LogP contribution in [0.1, 0.15) is 30.4 Å². The molecule has 7 rings (SSSR count). The standard InChI is InChI=1S/C28H28ClF6N7O2/c1-11-5-16(36)38-22(19(11)28(33,34)35)17-20(29)24-18-23(21(17)30)39-26(44-8-13-6-27(31,32)10-41(13)2)40-25(18)42-7-12-3-4-14(37-12)15(42)9-43-24/h5,12-15,37H,3-4,6-10H2,1-2H3,(H2,36,38)/t12-,13+,14+,15-/m1/s1. The minimum atomic E-state index is -4.92. The predicted molar refractivity (Wildman–Crippen MR) is 150 cm³/mol. The predicted octanol–water partition coefficient (Wildman–Crippen LogP) is 4.81. The fourth-order valence-corrected chi connectivity index (χ4v) is 7.33. The molecule has 3 N–H and O–H groups in total. The summed E-state index contributed by atoms with van der Waals surface area (Å²) < 4.78 is 99.7. The number of hydrogen-bond donors (Lipinski definition) is 2. The van der Waals surface area contributed by atoms with E-state index in [1.165, 1.54) is 11.8 Å². The summed E-state index contributed by atoms with van der Waals surface area (Å²) in [5, 5.41) is 3.18. The molecular weight excluding hydrogens is 616 g/mol. The number of nitrogen functional groups attached to an aromatic ring is 1. The number of benzene rings is 1. The Labute approximate surface area is 252 Å². The molecule has 16 heteroatoms. The second-order valence-corrected chi connectivity index (χ2v) is 12.4. The molecule has 1 aromatic carbocycles. The number of anilines is 2. The topological polar surface area (TPSA) is 102 Å². The number of likely N-dealkylation sites (tertiary alicyclic amines) is 1. The van der Waals surface area contributed by atoms with Crippen LogP contribution >= 0.6 is 11.6 Å². The lowest BCUT2D eigenvalue weighted by Crippen LogP contribution is -2.60. The molecule has 0 amide bonds. The summed E-state index contributed by atoms with van der Waals surface area (Å²) >= 11 is 6.73. The van der Waals surface area contributed by atoms with Gasteiger partial charge in [0.05, 0.1) is 39.8 Å². The fraction of sp³-hybridized carbons (Fsp3) is 0.536. The number of pyridine rings is 1. The maximum Gasteiger partial charge on any atom is 0.418 e. The molecule has 0 unspecified atom stereocenters. The van der Waals surface area contributed by atoms with Crippen LogP contribution in [0, 0.1) is 12.7 Å². The number of alkyl halides is 5. The number of piperazine rings is 1. The van der Waals surface area contributed by atoms with Gasteiger partial charge in [0.15, 0.2) is 11.6 Å². The fourth-order valence-electron chi connectivity index (χ4n) is 7.01. The van der Waals surface area contributed by atoms with Crippen molar-refractivity contribution >= 4 is 34.1 Å². The highest BCUT2D eigenvalue weighted by Gasteiger charge is 2.46. The number of nitrogens with zero attached hydrogens (tertiary/aromatic N) is 5.